The van der Waals surface area contributed by atoms with Crippen molar-refractivity contribution >= 4 is 60.7 Å². The number of hydrogen-bond acceptors (Lipinski definition) is 8. The quantitative estimate of drug-likeness (QED) is 0.392. The molecule has 5 aromatic heterocycles. The Balaban J connectivity index is 1.39. The predicted molar refractivity (Wildman–Crippen MR) is 127 cm³/mol. The van der Waals surface area contributed by atoms with Crippen LogP contribution in [-0.4, -0.2) is 40.4 Å². The van der Waals surface area contributed by atoms with E-state index < -0.39 is 5.91 Å². The minimum Gasteiger partial charge on any atom is -0.364 e. The van der Waals surface area contributed by atoms with Crippen LogP contribution in [0.15, 0.2) is 40.8 Å². The molecule has 1 amide bonds. The lowest BCUT2D eigenvalue weighted by molar-refractivity contribution is 0.0999. The van der Waals surface area contributed by atoms with Crippen LogP contribution in [0.3, 0.4) is 0 Å². The highest BCUT2D eigenvalue weighted by molar-refractivity contribution is 7.19. The van der Waals surface area contributed by atoms with Crippen LogP contribution in [0.2, 0.25) is 0 Å². The second-order valence-electron chi connectivity index (χ2n) is 7.62. The minimum absolute atomic E-state index is 0.173. The number of rotatable bonds is 5. The Morgan fingerprint density at radius 1 is 1.21 bits per heavy atom. The standard InChI is InChI=1S/C21H16N8O2S2/c1-28-16-13(17-19(28)26-15(33-17)5-11-9-32-20(25-11)18(22)30)7-24-29(21(16)31)8-10-3-2-4-14-12(10)6-23-27-14/h2-4,6-7,9H,5,8H2,1H3,(H2,22,30)(H,23,27). The van der Waals surface area contributed by atoms with E-state index >= 15 is 0 Å². The van der Waals surface area contributed by atoms with E-state index in [2.05, 4.69) is 20.3 Å². The number of primary amides is 1. The zero-order chi connectivity index (χ0) is 22.7. The molecule has 33 heavy (non-hydrogen) atoms. The summed E-state index contributed by atoms with van der Waals surface area (Å²) in [7, 11) is 1.84. The van der Waals surface area contributed by atoms with Crippen molar-refractivity contribution in [2.24, 2.45) is 12.8 Å². The van der Waals surface area contributed by atoms with Gasteiger partial charge in [-0.1, -0.05) is 12.1 Å². The molecule has 5 heterocycles. The third kappa shape index (κ3) is 3.14. The van der Waals surface area contributed by atoms with Gasteiger partial charge in [0.15, 0.2) is 10.7 Å². The lowest BCUT2D eigenvalue weighted by Crippen LogP contribution is -2.24. The first-order chi connectivity index (χ1) is 16.0. The Hall–Kier alpha value is -3.90. The Kier molecular flexibility index (Phi) is 4.38. The highest BCUT2D eigenvalue weighted by atomic mass is 32.1. The molecule has 0 unspecified atom stereocenters. The molecule has 0 aliphatic heterocycles. The van der Waals surface area contributed by atoms with Crippen LogP contribution >= 0.6 is 22.7 Å². The van der Waals surface area contributed by atoms with E-state index in [4.69, 9.17) is 10.7 Å². The van der Waals surface area contributed by atoms with Crippen molar-refractivity contribution in [3.8, 4) is 0 Å². The van der Waals surface area contributed by atoms with Crippen LogP contribution in [-0.2, 0) is 20.0 Å². The van der Waals surface area contributed by atoms with E-state index in [1.807, 2.05) is 35.2 Å². The Bertz CT molecular complexity index is 1750. The van der Waals surface area contributed by atoms with Crippen molar-refractivity contribution in [3.05, 3.63) is 67.6 Å². The lowest BCUT2D eigenvalue weighted by Gasteiger charge is -2.07. The summed E-state index contributed by atoms with van der Waals surface area (Å²) in [5.41, 5.74) is 9.03. The number of carbonyl (C=O) groups excluding carboxylic acids is 1. The van der Waals surface area contributed by atoms with Crippen molar-refractivity contribution in [2.75, 3.05) is 0 Å². The smallest absolute Gasteiger partial charge is 0.291 e. The second kappa shape index (κ2) is 7.32. The monoisotopic (exact) mass is 476 g/mol. The number of nitrogens with two attached hydrogens (primary N) is 1. The number of aromatic nitrogens is 7. The Morgan fingerprint density at radius 3 is 2.91 bits per heavy atom. The first kappa shape index (κ1) is 19.8. The summed E-state index contributed by atoms with van der Waals surface area (Å²) >= 11 is 2.72. The number of nitrogens with one attached hydrogen (secondary N) is 1. The second-order valence-corrected chi connectivity index (χ2v) is 9.56. The summed E-state index contributed by atoms with van der Waals surface area (Å²) in [5, 5.41) is 16.2. The van der Waals surface area contributed by atoms with Gasteiger partial charge in [0.25, 0.3) is 11.5 Å². The molecule has 10 nitrogen and oxygen atoms in total. The molecule has 6 aromatic rings. The average Bonchev–Trinajstić information content (AvgIpc) is 3.57. The fourth-order valence-corrected chi connectivity index (χ4v) is 5.80. The maximum atomic E-state index is 13.3. The van der Waals surface area contributed by atoms with Crippen molar-refractivity contribution in [1.82, 2.24) is 34.5 Å². The summed E-state index contributed by atoms with van der Waals surface area (Å²) in [6.45, 7) is 0.342. The largest absolute Gasteiger partial charge is 0.364 e. The van der Waals surface area contributed by atoms with E-state index in [0.29, 0.717) is 18.5 Å². The van der Waals surface area contributed by atoms with Gasteiger partial charge in [-0.25, -0.2) is 14.6 Å². The Labute approximate surface area is 193 Å². The van der Waals surface area contributed by atoms with Gasteiger partial charge in [-0.05, 0) is 11.6 Å². The van der Waals surface area contributed by atoms with Gasteiger partial charge in [-0.15, -0.1) is 22.7 Å². The third-order valence-corrected chi connectivity index (χ3v) is 7.54. The van der Waals surface area contributed by atoms with E-state index in [0.717, 1.165) is 42.9 Å². The molecule has 0 radical (unpaired) electrons. The summed E-state index contributed by atoms with van der Waals surface area (Å²) in [6, 6.07) is 5.84. The number of aromatic amines is 1. The van der Waals surface area contributed by atoms with Crippen LogP contribution in [0.4, 0.5) is 0 Å². The van der Waals surface area contributed by atoms with E-state index in [9.17, 15) is 9.59 Å². The molecule has 0 saturated heterocycles. The molecule has 12 heteroatoms. The average molecular weight is 477 g/mol. The van der Waals surface area contributed by atoms with E-state index in [1.54, 1.807) is 12.4 Å². The number of hydrogen-bond donors (Lipinski definition) is 2. The summed E-state index contributed by atoms with van der Waals surface area (Å²) in [4.78, 5) is 33.6. The maximum Gasteiger partial charge on any atom is 0.291 e. The first-order valence-corrected chi connectivity index (χ1v) is 11.7. The van der Waals surface area contributed by atoms with Crippen molar-refractivity contribution < 1.29 is 4.79 Å². The zero-order valence-corrected chi connectivity index (χ0v) is 18.9. The van der Waals surface area contributed by atoms with Gasteiger partial charge in [0.2, 0.25) is 0 Å². The number of H-pyrrole nitrogens is 1. The van der Waals surface area contributed by atoms with Gasteiger partial charge in [-0.3, -0.25) is 14.7 Å². The highest BCUT2D eigenvalue weighted by Crippen LogP contribution is 2.32. The molecular weight excluding hydrogens is 460 g/mol. The molecule has 0 aliphatic rings. The fraction of sp³-hybridized carbons (Fsp3) is 0.143. The summed E-state index contributed by atoms with van der Waals surface area (Å²) < 4.78 is 4.19. The first-order valence-electron chi connectivity index (χ1n) is 9.98. The number of nitrogens with zero attached hydrogens (tertiary/aromatic N) is 6. The highest BCUT2D eigenvalue weighted by Gasteiger charge is 2.19. The van der Waals surface area contributed by atoms with Crippen LogP contribution in [0.5, 0.6) is 0 Å². The van der Waals surface area contributed by atoms with E-state index in [-0.39, 0.29) is 10.6 Å². The number of carbonyl (C=O) groups is 1. The molecule has 0 atom stereocenters. The van der Waals surface area contributed by atoms with Crippen molar-refractivity contribution in [2.45, 2.75) is 13.0 Å². The SMILES string of the molecule is Cn1c2nc(Cc3csc(C(N)=O)n3)sc2c2cnn(Cc3cccc4[nH]ncc34)c(=O)c21. The molecule has 1 aromatic carbocycles. The summed E-state index contributed by atoms with van der Waals surface area (Å²) in [6.07, 6.45) is 3.97. The maximum absolute atomic E-state index is 13.3. The minimum atomic E-state index is -0.534. The van der Waals surface area contributed by atoms with Gasteiger partial charge < -0.3 is 10.3 Å². The molecule has 164 valence electrons. The normalized spacial score (nSPS) is 11.8. The van der Waals surface area contributed by atoms with Gasteiger partial charge in [0, 0.05) is 29.6 Å². The molecular formula is C21H16N8O2S2. The van der Waals surface area contributed by atoms with Gasteiger partial charge in [-0.2, -0.15) is 10.2 Å². The van der Waals surface area contributed by atoms with Crippen LogP contribution in [0.25, 0.3) is 32.2 Å². The topological polar surface area (TPSA) is 137 Å². The molecule has 0 bridgehead atoms. The molecule has 0 saturated carbocycles. The number of amides is 1. The third-order valence-electron chi connectivity index (χ3n) is 5.56. The zero-order valence-electron chi connectivity index (χ0n) is 17.3. The van der Waals surface area contributed by atoms with Gasteiger partial charge in [0.1, 0.15) is 10.5 Å². The molecule has 0 spiro atoms. The fourth-order valence-electron chi connectivity index (χ4n) is 4.01. The van der Waals surface area contributed by atoms with Crippen molar-refractivity contribution in [1.29, 1.82) is 0 Å². The molecule has 3 N–H and O–H groups in total. The number of thiazole rings is 2. The molecule has 0 fully saturated rings. The van der Waals surface area contributed by atoms with Crippen LogP contribution in [0, 0.1) is 0 Å². The van der Waals surface area contributed by atoms with Gasteiger partial charge >= 0.3 is 0 Å². The molecule has 0 aliphatic carbocycles. The van der Waals surface area contributed by atoms with Crippen LogP contribution < -0.4 is 11.3 Å². The summed E-state index contributed by atoms with van der Waals surface area (Å²) in [5.74, 6) is -0.534. The van der Waals surface area contributed by atoms with Crippen molar-refractivity contribution in [3.63, 3.8) is 0 Å². The number of benzene rings is 1. The predicted octanol–water partition coefficient (Wildman–Crippen LogP) is 2.42. The number of aryl methyl sites for hydroxylation is 1. The molecule has 6 rings (SSSR count). The number of fused-ring (bicyclic) bond motifs is 4. The lowest BCUT2D eigenvalue weighted by atomic mass is 10.1. The van der Waals surface area contributed by atoms with E-state index in [1.165, 1.54) is 27.4 Å². The Morgan fingerprint density at radius 2 is 2.09 bits per heavy atom. The van der Waals surface area contributed by atoms with Gasteiger partial charge in [0.05, 0.1) is 34.8 Å². The van der Waals surface area contributed by atoms with Crippen LogP contribution in [0.1, 0.15) is 26.1 Å².